The maximum absolute atomic E-state index is 4.42. The van der Waals surface area contributed by atoms with E-state index >= 15 is 0 Å². The Hall–Kier alpha value is -0.850. The maximum Gasteiger partial charge on any atom is 0.0404 e. The molecule has 72 valence electrons. The Morgan fingerprint density at radius 1 is 1.31 bits per heavy atom. The summed E-state index contributed by atoms with van der Waals surface area (Å²) in [6, 6.07) is 2.28. The molecule has 1 aromatic rings. The van der Waals surface area contributed by atoms with Crippen molar-refractivity contribution in [1.29, 1.82) is 0 Å². The zero-order chi connectivity index (χ0) is 10.1. The van der Waals surface area contributed by atoms with E-state index in [2.05, 4.69) is 45.7 Å². The van der Waals surface area contributed by atoms with Gasteiger partial charge in [-0.05, 0) is 29.9 Å². The van der Waals surface area contributed by atoms with Crippen molar-refractivity contribution in [3.05, 3.63) is 29.1 Å². The molecule has 0 spiro atoms. The fourth-order valence-corrected chi connectivity index (χ4v) is 1.35. The van der Waals surface area contributed by atoms with E-state index < -0.39 is 0 Å². The van der Waals surface area contributed by atoms with Crippen molar-refractivity contribution < 1.29 is 0 Å². The van der Waals surface area contributed by atoms with Crippen LogP contribution in [0.3, 0.4) is 0 Å². The molecule has 0 saturated carbocycles. The summed E-state index contributed by atoms with van der Waals surface area (Å²) in [5.41, 5.74) is 4.07. The Morgan fingerprint density at radius 2 is 1.92 bits per heavy atom. The first-order valence-electron chi connectivity index (χ1n) is 4.91. The van der Waals surface area contributed by atoms with Crippen molar-refractivity contribution in [3.63, 3.8) is 0 Å². The third kappa shape index (κ3) is 2.30. The van der Waals surface area contributed by atoms with Crippen molar-refractivity contribution >= 4 is 0 Å². The van der Waals surface area contributed by atoms with E-state index in [0.29, 0.717) is 0 Å². The predicted molar refractivity (Wildman–Crippen MR) is 57.1 cm³/mol. The van der Waals surface area contributed by atoms with E-state index in [4.69, 9.17) is 0 Å². The van der Waals surface area contributed by atoms with Crippen molar-refractivity contribution in [2.45, 2.75) is 46.5 Å². The van der Waals surface area contributed by atoms with Gasteiger partial charge in [0.05, 0.1) is 0 Å². The highest BCUT2D eigenvalue weighted by atomic mass is 14.7. The molecule has 0 amide bonds. The summed E-state index contributed by atoms with van der Waals surface area (Å²) < 4.78 is 0. The average molecular weight is 177 g/mol. The molecule has 13 heavy (non-hydrogen) atoms. The lowest BCUT2D eigenvalue weighted by atomic mass is 9.87. The lowest BCUT2D eigenvalue weighted by Gasteiger charge is -2.19. The summed E-state index contributed by atoms with van der Waals surface area (Å²) >= 11 is 0. The first kappa shape index (κ1) is 10.2. The van der Waals surface area contributed by atoms with Gasteiger partial charge in [0.15, 0.2) is 0 Å². The number of aromatic nitrogens is 1. The maximum atomic E-state index is 4.42. The molecule has 0 aliphatic rings. The summed E-state index contributed by atoms with van der Waals surface area (Å²) in [7, 11) is 0. The average Bonchev–Trinajstić information content (AvgIpc) is 2.03. The molecule has 0 atom stereocenters. The van der Waals surface area contributed by atoms with Gasteiger partial charge < -0.3 is 0 Å². The van der Waals surface area contributed by atoms with Crippen LogP contribution < -0.4 is 0 Å². The van der Waals surface area contributed by atoms with E-state index in [9.17, 15) is 0 Å². The molecule has 0 saturated heterocycles. The van der Waals surface area contributed by atoms with Crippen molar-refractivity contribution in [2.75, 3.05) is 0 Å². The largest absolute Gasteiger partial charge is 0.261 e. The predicted octanol–water partition coefficient (Wildman–Crippen LogP) is 3.25. The van der Waals surface area contributed by atoms with Gasteiger partial charge in [-0.3, -0.25) is 4.98 Å². The topological polar surface area (TPSA) is 12.9 Å². The molecular formula is C12H19N. The molecule has 1 heteroatoms. The molecule has 1 heterocycles. The summed E-state index contributed by atoms with van der Waals surface area (Å²) in [6.07, 6.45) is 3.07. The van der Waals surface area contributed by atoms with Crippen LogP contribution in [0.25, 0.3) is 0 Å². The van der Waals surface area contributed by atoms with Gasteiger partial charge in [-0.25, -0.2) is 0 Å². The summed E-state index contributed by atoms with van der Waals surface area (Å²) in [4.78, 5) is 4.42. The van der Waals surface area contributed by atoms with Crippen molar-refractivity contribution in [3.8, 4) is 0 Å². The van der Waals surface area contributed by atoms with Crippen LogP contribution in [0.15, 0.2) is 12.3 Å². The molecule has 1 nitrogen and oxygen atoms in total. The van der Waals surface area contributed by atoms with E-state index in [1.165, 1.54) is 11.1 Å². The van der Waals surface area contributed by atoms with Crippen LogP contribution in [0.5, 0.6) is 0 Å². The second-order valence-corrected chi connectivity index (χ2v) is 4.57. The summed E-state index contributed by atoms with van der Waals surface area (Å²) in [5.74, 6) is 0. The lowest BCUT2D eigenvalue weighted by molar-refractivity contribution is 0.585. The van der Waals surface area contributed by atoms with Gasteiger partial charge in [-0.15, -0.1) is 0 Å². The Morgan fingerprint density at radius 3 is 2.38 bits per heavy atom. The standard InChI is InChI=1S/C12H19N/c1-6-10-7-11(12(3,4)5)8-13-9(10)2/h7-8H,6H2,1-5H3. The number of hydrogen-bond donors (Lipinski definition) is 0. The van der Waals surface area contributed by atoms with Crippen LogP contribution >= 0.6 is 0 Å². The smallest absolute Gasteiger partial charge is 0.0404 e. The monoisotopic (exact) mass is 177 g/mol. The minimum Gasteiger partial charge on any atom is -0.261 e. The summed E-state index contributed by atoms with van der Waals surface area (Å²) in [5, 5.41) is 0. The third-order valence-electron chi connectivity index (χ3n) is 2.44. The number of nitrogens with zero attached hydrogens (tertiary/aromatic N) is 1. The van der Waals surface area contributed by atoms with E-state index in [-0.39, 0.29) is 5.41 Å². The molecule has 0 fully saturated rings. The SMILES string of the molecule is CCc1cc(C(C)(C)C)cnc1C. The molecule has 0 aromatic carbocycles. The Labute approximate surface area is 81.2 Å². The Bertz CT molecular complexity index is 294. The minimum atomic E-state index is 0.213. The van der Waals surface area contributed by atoms with Gasteiger partial charge in [0.25, 0.3) is 0 Å². The molecular weight excluding hydrogens is 158 g/mol. The normalized spacial score (nSPS) is 11.8. The number of aryl methyl sites for hydroxylation is 2. The van der Waals surface area contributed by atoms with Gasteiger partial charge in [0.1, 0.15) is 0 Å². The molecule has 0 aliphatic heterocycles. The highest BCUT2D eigenvalue weighted by Crippen LogP contribution is 2.23. The fourth-order valence-electron chi connectivity index (χ4n) is 1.35. The highest BCUT2D eigenvalue weighted by Gasteiger charge is 2.14. The highest BCUT2D eigenvalue weighted by molar-refractivity contribution is 5.28. The molecule has 1 rings (SSSR count). The number of pyridine rings is 1. The van der Waals surface area contributed by atoms with Gasteiger partial charge in [-0.2, -0.15) is 0 Å². The van der Waals surface area contributed by atoms with E-state index in [1.807, 2.05) is 6.20 Å². The van der Waals surface area contributed by atoms with Gasteiger partial charge in [0.2, 0.25) is 0 Å². The number of hydrogen-bond acceptors (Lipinski definition) is 1. The first-order valence-corrected chi connectivity index (χ1v) is 4.91. The number of rotatable bonds is 1. The van der Waals surface area contributed by atoms with Gasteiger partial charge in [0, 0.05) is 11.9 Å². The van der Waals surface area contributed by atoms with E-state index in [1.54, 1.807) is 0 Å². The zero-order valence-electron chi connectivity index (χ0n) is 9.31. The van der Waals surface area contributed by atoms with Crippen LogP contribution in [-0.2, 0) is 11.8 Å². The molecule has 1 aromatic heterocycles. The molecule has 0 bridgehead atoms. The molecule has 0 unspecified atom stereocenters. The third-order valence-corrected chi connectivity index (χ3v) is 2.44. The first-order chi connectivity index (χ1) is 5.95. The van der Waals surface area contributed by atoms with Crippen LogP contribution in [0.1, 0.15) is 44.5 Å². The second kappa shape index (κ2) is 3.49. The van der Waals surface area contributed by atoms with Gasteiger partial charge >= 0.3 is 0 Å². The van der Waals surface area contributed by atoms with Crippen LogP contribution in [0.2, 0.25) is 0 Å². The van der Waals surface area contributed by atoms with Crippen LogP contribution in [0.4, 0.5) is 0 Å². The Balaban J connectivity index is 3.14. The van der Waals surface area contributed by atoms with Crippen molar-refractivity contribution in [1.82, 2.24) is 4.98 Å². The molecule has 0 N–H and O–H groups in total. The molecule has 0 radical (unpaired) electrons. The van der Waals surface area contributed by atoms with Crippen LogP contribution in [-0.4, -0.2) is 4.98 Å². The fraction of sp³-hybridized carbons (Fsp3) is 0.583. The molecule has 0 aliphatic carbocycles. The Kier molecular flexibility index (Phi) is 2.74. The zero-order valence-corrected chi connectivity index (χ0v) is 9.31. The van der Waals surface area contributed by atoms with Crippen molar-refractivity contribution in [2.24, 2.45) is 0 Å². The lowest BCUT2D eigenvalue weighted by Crippen LogP contribution is -2.12. The van der Waals surface area contributed by atoms with Gasteiger partial charge in [-0.1, -0.05) is 33.8 Å². The summed E-state index contributed by atoms with van der Waals surface area (Å²) in [6.45, 7) is 10.9. The van der Waals surface area contributed by atoms with E-state index in [0.717, 1.165) is 12.1 Å². The van der Waals surface area contributed by atoms with Crippen LogP contribution in [0, 0.1) is 6.92 Å². The second-order valence-electron chi connectivity index (χ2n) is 4.57. The minimum absolute atomic E-state index is 0.213. The quantitative estimate of drug-likeness (QED) is 0.641.